The van der Waals surface area contributed by atoms with E-state index in [-0.39, 0.29) is 6.61 Å². The summed E-state index contributed by atoms with van der Waals surface area (Å²) >= 11 is 0. The summed E-state index contributed by atoms with van der Waals surface area (Å²) in [5.74, 6) is 0.887. The zero-order valence-electron chi connectivity index (χ0n) is 14.9. The molecule has 0 aliphatic heterocycles. The van der Waals surface area contributed by atoms with Gasteiger partial charge in [-0.3, -0.25) is 0 Å². The van der Waals surface area contributed by atoms with E-state index in [4.69, 9.17) is 5.11 Å². The van der Waals surface area contributed by atoms with Gasteiger partial charge in [0.15, 0.2) is 0 Å². The molecular formula is C20H41O. The van der Waals surface area contributed by atoms with E-state index in [0.717, 1.165) is 12.3 Å². The third-order valence-corrected chi connectivity index (χ3v) is 4.32. The molecule has 1 nitrogen and oxygen atoms in total. The lowest BCUT2D eigenvalue weighted by Gasteiger charge is -2.05. The van der Waals surface area contributed by atoms with Gasteiger partial charge in [-0.25, -0.2) is 0 Å². The van der Waals surface area contributed by atoms with Crippen molar-refractivity contribution in [3.8, 4) is 0 Å². The van der Waals surface area contributed by atoms with Gasteiger partial charge in [-0.2, -0.15) is 0 Å². The van der Waals surface area contributed by atoms with Gasteiger partial charge >= 0.3 is 0 Å². The molecule has 0 aromatic carbocycles. The van der Waals surface area contributed by atoms with Crippen LogP contribution in [0.25, 0.3) is 0 Å². The van der Waals surface area contributed by atoms with E-state index in [1.807, 2.05) is 6.42 Å². The summed E-state index contributed by atoms with van der Waals surface area (Å²) in [7, 11) is 0. The summed E-state index contributed by atoms with van der Waals surface area (Å²) < 4.78 is 0. The van der Waals surface area contributed by atoms with Crippen molar-refractivity contribution < 1.29 is 5.11 Å². The Bertz CT molecular complexity index is 177. The summed E-state index contributed by atoms with van der Waals surface area (Å²) in [6, 6.07) is 0. The lowest BCUT2D eigenvalue weighted by atomic mass is 10.0. The van der Waals surface area contributed by atoms with Gasteiger partial charge < -0.3 is 5.11 Å². The van der Waals surface area contributed by atoms with Crippen molar-refractivity contribution in [3.05, 3.63) is 6.42 Å². The maximum absolute atomic E-state index is 8.64. The Kier molecular flexibility index (Phi) is 18.0. The maximum atomic E-state index is 8.64. The minimum absolute atomic E-state index is 0.248. The molecule has 21 heavy (non-hydrogen) atoms. The molecule has 0 bridgehead atoms. The van der Waals surface area contributed by atoms with Gasteiger partial charge in [-0.15, -0.1) is 0 Å². The zero-order chi connectivity index (χ0) is 15.6. The highest BCUT2D eigenvalue weighted by molar-refractivity contribution is 4.61. The van der Waals surface area contributed by atoms with Crippen LogP contribution < -0.4 is 0 Å². The van der Waals surface area contributed by atoms with Gasteiger partial charge in [0.2, 0.25) is 0 Å². The minimum atomic E-state index is 0.248. The van der Waals surface area contributed by atoms with Crippen molar-refractivity contribution in [3.63, 3.8) is 0 Å². The lowest BCUT2D eigenvalue weighted by Crippen LogP contribution is -1.87. The van der Waals surface area contributed by atoms with Crippen molar-refractivity contribution in [2.75, 3.05) is 6.61 Å². The first kappa shape index (κ1) is 21.0. The molecule has 0 aliphatic rings. The summed E-state index contributed by atoms with van der Waals surface area (Å²) in [6.07, 6.45) is 22.9. The fourth-order valence-corrected chi connectivity index (χ4v) is 2.88. The highest BCUT2D eigenvalue weighted by Gasteiger charge is 1.96. The molecule has 0 aromatic rings. The molecular weight excluding hydrogens is 256 g/mol. The Labute approximate surface area is 134 Å². The van der Waals surface area contributed by atoms with Crippen LogP contribution in [0.5, 0.6) is 0 Å². The molecule has 1 radical (unpaired) electrons. The predicted octanol–water partition coefficient (Wildman–Crippen LogP) is 6.69. The van der Waals surface area contributed by atoms with Gasteiger partial charge in [-0.1, -0.05) is 104 Å². The molecule has 0 saturated heterocycles. The molecule has 0 aliphatic carbocycles. The van der Waals surface area contributed by atoms with Crippen LogP contribution in [-0.2, 0) is 0 Å². The van der Waals surface area contributed by atoms with Crippen LogP contribution in [-0.4, -0.2) is 11.7 Å². The number of aliphatic hydroxyl groups is 1. The first-order valence-corrected chi connectivity index (χ1v) is 9.70. The quantitative estimate of drug-likeness (QED) is 0.296. The third kappa shape index (κ3) is 20.0. The van der Waals surface area contributed by atoms with Crippen LogP contribution in [0.2, 0.25) is 0 Å². The monoisotopic (exact) mass is 297 g/mol. The molecule has 0 spiro atoms. The smallest absolute Gasteiger partial charge is 0.0462 e. The van der Waals surface area contributed by atoms with Gasteiger partial charge in [0.25, 0.3) is 0 Å². The second-order valence-corrected chi connectivity index (χ2v) is 7.04. The summed E-state index contributed by atoms with van der Waals surface area (Å²) in [5.41, 5.74) is 0. The van der Waals surface area contributed by atoms with Gasteiger partial charge in [-0.05, 0) is 18.8 Å². The summed E-state index contributed by atoms with van der Waals surface area (Å²) in [4.78, 5) is 0. The normalized spacial score (nSPS) is 11.4. The van der Waals surface area contributed by atoms with E-state index in [9.17, 15) is 0 Å². The van der Waals surface area contributed by atoms with E-state index >= 15 is 0 Å². The van der Waals surface area contributed by atoms with E-state index < -0.39 is 0 Å². The Hall–Kier alpha value is -0.0400. The molecule has 1 heteroatoms. The second-order valence-electron chi connectivity index (χ2n) is 7.04. The van der Waals surface area contributed by atoms with Crippen molar-refractivity contribution in [2.24, 2.45) is 5.92 Å². The fraction of sp³-hybridized carbons (Fsp3) is 0.950. The third-order valence-electron chi connectivity index (χ3n) is 4.32. The van der Waals surface area contributed by atoms with Crippen molar-refractivity contribution in [2.45, 2.75) is 110 Å². The maximum Gasteiger partial charge on any atom is 0.0462 e. The van der Waals surface area contributed by atoms with E-state index in [0.29, 0.717) is 0 Å². The topological polar surface area (TPSA) is 20.2 Å². The molecule has 127 valence electrons. The molecule has 1 N–H and O–H groups in total. The molecule has 0 heterocycles. The van der Waals surface area contributed by atoms with Gasteiger partial charge in [0.05, 0.1) is 0 Å². The fourth-order valence-electron chi connectivity index (χ4n) is 2.88. The van der Waals surface area contributed by atoms with Crippen molar-refractivity contribution in [1.29, 1.82) is 0 Å². The van der Waals surface area contributed by atoms with Crippen LogP contribution in [0.3, 0.4) is 0 Å². The van der Waals surface area contributed by atoms with Crippen LogP contribution >= 0.6 is 0 Å². The Morgan fingerprint density at radius 1 is 0.619 bits per heavy atom. The van der Waals surface area contributed by atoms with E-state index in [1.54, 1.807) is 0 Å². The van der Waals surface area contributed by atoms with Crippen LogP contribution in [0.15, 0.2) is 0 Å². The lowest BCUT2D eigenvalue weighted by molar-refractivity contribution is 0.322. The largest absolute Gasteiger partial charge is 0.396 e. The van der Waals surface area contributed by atoms with Crippen molar-refractivity contribution in [1.82, 2.24) is 0 Å². The number of unbranched alkanes of at least 4 members (excludes halogenated alkanes) is 14. The molecule has 0 saturated carbocycles. The highest BCUT2D eigenvalue weighted by Crippen LogP contribution is 2.14. The molecule has 0 amide bonds. The molecule has 0 fully saturated rings. The zero-order valence-corrected chi connectivity index (χ0v) is 14.9. The van der Waals surface area contributed by atoms with Crippen molar-refractivity contribution >= 4 is 0 Å². The first-order chi connectivity index (χ1) is 10.3. The van der Waals surface area contributed by atoms with Crippen LogP contribution in [0.4, 0.5) is 0 Å². The molecule has 0 unspecified atom stereocenters. The van der Waals surface area contributed by atoms with Gasteiger partial charge in [0, 0.05) is 6.61 Å². The second kappa shape index (κ2) is 18.0. The highest BCUT2D eigenvalue weighted by atomic mass is 16.2. The molecule has 0 rings (SSSR count). The minimum Gasteiger partial charge on any atom is -0.396 e. The van der Waals surface area contributed by atoms with E-state index in [1.165, 1.54) is 89.9 Å². The average molecular weight is 298 g/mol. The molecule has 0 aromatic heterocycles. The SMILES string of the molecule is CC(C)CCCCCCCCCCCCCCC[CH]CO. The first-order valence-electron chi connectivity index (χ1n) is 9.70. The summed E-state index contributed by atoms with van der Waals surface area (Å²) in [6.45, 7) is 4.90. The Balaban J connectivity index is 2.93. The van der Waals surface area contributed by atoms with Gasteiger partial charge in [0.1, 0.15) is 0 Å². The standard InChI is InChI=1S/C20H41O/c1-20(2)18-16-14-12-10-8-6-4-3-5-7-9-11-13-15-17-19-21/h17,20-21H,3-16,18-19H2,1-2H3. The Morgan fingerprint density at radius 2 is 1.00 bits per heavy atom. The summed E-state index contributed by atoms with van der Waals surface area (Å²) in [5, 5.41) is 8.64. The average Bonchev–Trinajstić information content (AvgIpc) is 2.46. The number of hydrogen-bond acceptors (Lipinski definition) is 1. The Morgan fingerprint density at radius 3 is 1.38 bits per heavy atom. The van der Waals surface area contributed by atoms with E-state index in [2.05, 4.69) is 13.8 Å². The van der Waals surface area contributed by atoms with Crippen LogP contribution in [0, 0.1) is 12.3 Å². The molecule has 0 atom stereocenters. The number of aliphatic hydroxyl groups excluding tert-OH is 1. The number of rotatable bonds is 17. The predicted molar refractivity (Wildman–Crippen MR) is 95.5 cm³/mol. The van der Waals surface area contributed by atoms with Crippen LogP contribution in [0.1, 0.15) is 110 Å². The number of hydrogen-bond donors (Lipinski definition) is 1.